The lowest BCUT2D eigenvalue weighted by atomic mass is 10.1. The molecule has 1 aliphatic rings. The third kappa shape index (κ3) is 1.86. The molecule has 0 spiro atoms. The van der Waals surface area contributed by atoms with E-state index in [1.807, 2.05) is 6.07 Å². The molecule has 1 saturated heterocycles. The fourth-order valence-corrected chi connectivity index (χ4v) is 2.31. The van der Waals surface area contributed by atoms with Crippen LogP contribution in [0.1, 0.15) is 12.8 Å². The summed E-state index contributed by atoms with van der Waals surface area (Å²) in [6.45, 7) is 2.28. The molecule has 1 aromatic carbocycles. The van der Waals surface area contributed by atoms with Gasteiger partial charge in [-0.05, 0) is 30.5 Å². The van der Waals surface area contributed by atoms with E-state index in [-0.39, 0.29) is 0 Å². The van der Waals surface area contributed by atoms with Gasteiger partial charge in [-0.25, -0.2) is 0 Å². The average Bonchev–Trinajstić information content (AvgIpc) is 2.99. The van der Waals surface area contributed by atoms with Crippen LogP contribution in [0.15, 0.2) is 35.0 Å². The van der Waals surface area contributed by atoms with Crippen molar-refractivity contribution in [2.24, 2.45) is 0 Å². The summed E-state index contributed by atoms with van der Waals surface area (Å²) in [6, 6.07) is 8.37. The van der Waals surface area contributed by atoms with Gasteiger partial charge in [0.1, 0.15) is 0 Å². The molecule has 3 rings (SSSR count). The summed E-state index contributed by atoms with van der Waals surface area (Å²) in [6.07, 6.45) is 4.22. The zero-order valence-corrected chi connectivity index (χ0v) is 9.60. The fraction of sp³-hybridized carbons (Fsp3) is 0.308. The van der Waals surface area contributed by atoms with Crippen molar-refractivity contribution in [1.82, 2.24) is 5.16 Å². The second-order valence-corrected chi connectivity index (χ2v) is 4.35. The SMILES string of the molecule is Nc1oncc1-c1cccc(N2CCCC2)c1. The maximum absolute atomic E-state index is 5.73. The van der Waals surface area contributed by atoms with E-state index >= 15 is 0 Å². The number of aromatic nitrogens is 1. The summed E-state index contributed by atoms with van der Waals surface area (Å²) >= 11 is 0. The third-order valence-corrected chi connectivity index (χ3v) is 3.23. The molecule has 0 radical (unpaired) electrons. The van der Waals surface area contributed by atoms with Gasteiger partial charge >= 0.3 is 0 Å². The lowest BCUT2D eigenvalue weighted by Gasteiger charge is -2.18. The highest BCUT2D eigenvalue weighted by Gasteiger charge is 2.14. The van der Waals surface area contributed by atoms with E-state index in [9.17, 15) is 0 Å². The third-order valence-electron chi connectivity index (χ3n) is 3.23. The van der Waals surface area contributed by atoms with Gasteiger partial charge in [-0.15, -0.1) is 0 Å². The highest BCUT2D eigenvalue weighted by atomic mass is 16.5. The molecular formula is C13H15N3O. The van der Waals surface area contributed by atoms with Crippen molar-refractivity contribution >= 4 is 11.6 Å². The molecule has 2 aromatic rings. The smallest absolute Gasteiger partial charge is 0.229 e. The molecule has 2 heterocycles. The normalized spacial score (nSPS) is 15.4. The molecule has 2 N–H and O–H groups in total. The molecule has 4 nitrogen and oxygen atoms in total. The molecule has 0 atom stereocenters. The van der Waals surface area contributed by atoms with Crippen molar-refractivity contribution in [3.63, 3.8) is 0 Å². The van der Waals surface area contributed by atoms with Gasteiger partial charge in [0, 0.05) is 18.8 Å². The fourth-order valence-electron chi connectivity index (χ4n) is 2.31. The van der Waals surface area contributed by atoms with Gasteiger partial charge in [0.05, 0.1) is 11.8 Å². The summed E-state index contributed by atoms with van der Waals surface area (Å²) in [7, 11) is 0. The predicted octanol–water partition coefficient (Wildman–Crippen LogP) is 2.52. The Hall–Kier alpha value is -1.97. The van der Waals surface area contributed by atoms with Crippen LogP contribution in [0.3, 0.4) is 0 Å². The van der Waals surface area contributed by atoms with Gasteiger partial charge in [-0.2, -0.15) is 0 Å². The Bertz CT molecular complexity index is 515. The Morgan fingerprint density at radius 2 is 2.06 bits per heavy atom. The summed E-state index contributed by atoms with van der Waals surface area (Å²) in [5, 5.41) is 3.71. The van der Waals surface area contributed by atoms with Gasteiger partial charge < -0.3 is 15.2 Å². The monoisotopic (exact) mass is 229 g/mol. The number of rotatable bonds is 2. The van der Waals surface area contributed by atoms with Crippen LogP contribution in [0.4, 0.5) is 11.6 Å². The zero-order chi connectivity index (χ0) is 11.7. The van der Waals surface area contributed by atoms with Crippen LogP contribution in [0.2, 0.25) is 0 Å². The molecule has 1 fully saturated rings. The summed E-state index contributed by atoms with van der Waals surface area (Å²) in [4.78, 5) is 2.40. The van der Waals surface area contributed by atoms with Crippen LogP contribution in [0.25, 0.3) is 11.1 Å². The lowest BCUT2D eigenvalue weighted by Crippen LogP contribution is -2.17. The maximum Gasteiger partial charge on any atom is 0.229 e. The van der Waals surface area contributed by atoms with Crippen molar-refractivity contribution in [2.75, 3.05) is 23.7 Å². The Morgan fingerprint density at radius 1 is 1.24 bits per heavy atom. The molecule has 0 bridgehead atoms. The minimum Gasteiger partial charge on any atom is -0.372 e. The average molecular weight is 229 g/mol. The number of benzene rings is 1. The van der Waals surface area contributed by atoms with Crippen molar-refractivity contribution in [1.29, 1.82) is 0 Å². The number of nitrogens with two attached hydrogens (primary N) is 1. The van der Waals surface area contributed by atoms with E-state index in [2.05, 4.69) is 28.3 Å². The molecule has 88 valence electrons. The van der Waals surface area contributed by atoms with E-state index in [1.54, 1.807) is 6.20 Å². The number of nitrogens with zero attached hydrogens (tertiary/aromatic N) is 2. The number of hydrogen-bond donors (Lipinski definition) is 1. The first-order valence-electron chi connectivity index (χ1n) is 5.90. The zero-order valence-electron chi connectivity index (χ0n) is 9.60. The molecule has 0 aliphatic carbocycles. The number of anilines is 2. The van der Waals surface area contributed by atoms with Gasteiger partial charge in [-0.3, -0.25) is 0 Å². The maximum atomic E-state index is 5.73. The molecule has 4 heteroatoms. The summed E-state index contributed by atoms with van der Waals surface area (Å²) in [5.41, 5.74) is 8.91. The Kier molecular flexibility index (Phi) is 2.48. The summed E-state index contributed by atoms with van der Waals surface area (Å²) in [5.74, 6) is 0.378. The van der Waals surface area contributed by atoms with Crippen molar-refractivity contribution in [2.45, 2.75) is 12.8 Å². The topological polar surface area (TPSA) is 55.3 Å². The molecule has 0 saturated carbocycles. The van der Waals surface area contributed by atoms with Gasteiger partial charge in [0.15, 0.2) is 0 Å². The van der Waals surface area contributed by atoms with E-state index in [1.165, 1.54) is 18.5 Å². The van der Waals surface area contributed by atoms with E-state index in [0.29, 0.717) is 5.88 Å². The quantitative estimate of drug-likeness (QED) is 0.859. The molecule has 1 aromatic heterocycles. The van der Waals surface area contributed by atoms with Crippen LogP contribution >= 0.6 is 0 Å². The van der Waals surface area contributed by atoms with E-state index < -0.39 is 0 Å². The lowest BCUT2D eigenvalue weighted by molar-refractivity contribution is 0.436. The molecule has 1 aliphatic heterocycles. The second-order valence-electron chi connectivity index (χ2n) is 4.35. The molecule has 0 amide bonds. The van der Waals surface area contributed by atoms with Crippen LogP contribution in [-0.4, -0.2) is 18.2 Å². The van der Waals surface area contributed by atoms with Crippen molar-refractivity contribution in [3.8, 4) is 11.1 Å². The first-order valence-corrected chi connectivity index (χ1v) is 5.90. The number of nitrogen functional groups attached to an aromatic ring is 1. The molecule has 0 unspecified atom stereocenters. The standard InChI is InChI=1S/C13H15N3O/c14-13-12(9-15-17-13)10-4-3-5-11(8-10)16-6-1-2-7-16/h3-5,8-9H,1-2,6-7,14H2. The van der Waals surface area contributed by atoms with Crippen molar-refractivity contribution in [3.05, 3.63) is 30.5 Å². The Labute approximate surface area is 100 Å². The Balaban J connectivity index is 1.96. The van der Waals surface area contributed by atoms with Crippen LogP contribution in [0, 0.1) is 0 Å². The minimum atomic E-state index is 0.378. The second kappa shape index (κ2) is 4.13. The van der Waals surface area contributed by atoms with E-state index in [0.717, 1.165) is 24.2 Å². The first-order chi connectivity index (χ1) is 8.34. The Morgan fingerprint density at radius 3 is 2.76 bits per heavy atom. The van der Waals surface area contributed by atoms with Crippen LogP contribution in [-0.2, 0) is 0 Å². The number of hydrogen-bond acceptors (Lipinski definition) is 4. The van der Waals surface area contributed by atoms with Crippen LogP contribution in [0.5, 0.6) is 0 Å². The highest BCUT2D eigenvalue weighted by Crippen LogP contribution is 2.29. The predicted molar refractivity (Wildman–Crippen MR) is 67.8 cm³/mol. The van der Waals surface area contributed by atoms with Gasteiger partial charge in [0.25, 0.3) is 0 Å². The van der Waals surface area contributed by atoms with E-state index in [4.69, 9.17) is 10.3 Å². The highest BCUT2D eigenvalue weighted by molar-refractivity contribution is 5.74. The largest absolute Gasteiger partial charge is 0.372 e. The van der Waals surface area contributed by atoms with Gasteiger partial charge in [0.2, 0.25) is 5.88 Å². The van der Waals surface area contributed by atoms with Crippen LogP contribution < -0.4 is 10.6 Å². The first kappa shape index (κ1) is 10.2. The minimum absolute atomic E-state index is 0.378. The molecule has 17 heavy (non-hydrogen) atoms. The summed E-state index contributed by atoms with van der Waals surface area (Å²) < 4.78 is 4.90. The van der Waals surface area contributed by atoms with Gasteiger partial charge in [-0.1, -0.05) is 17.3 Å². The van der Waals surface area contributed by atoms with Crippen molar-refractivity contribution < 1.29 is 4.52 Å². The molecular weight excluding hydrogens is 214 g/mol.